The van der Waals surface area contributed by atoms with E-state index in [1.54, 1.807) is 17.2 Å². The number of morpholine rings is 1. The Kier molecular flexibility index (Phi) is 4.85. The number of amides is 1. The van der Waals surface area contributed by atoms with Crippen LogP contribution in [0.5, 0.6) is 0 Å². The van der Waals surface area contributed by atoms with Crippen molar-refractivity contribution in [3.8, 4) is 0 Å². The molecule has 0 bridgehead atoms. The van der Waals surface area contributed by atoms with Crippen LogP contribution >= 0.6 is 0 Å². The molecule has 1 saturated heterocycles. The number of aryl methyl sites for hydroxylation is 1. The summed E-state index contributed by atoms with van der Waals surface area (Å²) in [7, 11) is 1.34. The Morgan fingerprint density at radius 1 is 1.52 bits per heavy atom. The number of aromatic nitrogens is 1. The number of nitrogen functional groups attached to an aromatic ring is 1. The second-order valence-corrected chi connectivity index (χ2v) is 4.97. The topological polar surface area (TPSA) is 86.8 Å². The monoisotopic (exact) mass is 295 g/mol. The molecule has 0 spiro atoms. The van der Waals surface area contributed by atoms with Crippen LogP contribution in [-0.4, -0.2) is 54.3 Å². The Morgan fingerprint density at radius 2 is 2.29 bits per heavy atom. The molecule has 7 heteroatoms. The van der Waals surface area contributed by atoms with Crippen molar-refractivity contribution in [2.45, 2.75) is 26.0 Å². The van der Waals surface area contributed by atoms with Crippen molar-refractivity contribution >= 4 is 17.6 Å². The van der Waals surface area contributed by atoms with E-state index in [2.05, 4.69) is 4.74 Å². The van der Waals surface area contributed by atoms with E-state index in [0.29, 0.717) is 37.6 Å². The molecule has 1 fully saturated rings. The van der Waals surface area contributed by atoms with E-state index in [1.807, 2.05) is 11.5 Å². The van der Waals surface area contributed by atoms with Crippen LogP contribution in [0, 0.1) is 0 Å². The van der Waals surface area contributed by atoms with Gasteiger partial charge in [-0.2, -0.15) is 0 Å². The molecule has 0 aromatic carbocycles. The summed E-state index contributed by atoms with van der Waals surface area (Å²) in [6.45, 7) is 3.92. The largest absolute Gasteiger partial charge is 0.469 e. The molecule has 0 saturated carbocycles. The first-order valence-corrected chi connectivity index (χ1v) is 6.98. The van der Waals surface area contributed by atoms with Gasteiger partial charge < -0.3 is 24.7 Å². The maximum absolute atomic E-state index is 12.6. The van der Waals surface area contributed by atoms with Crippen molar-refractivity contribution in [1.29, 1.82) is 0 Å². The number of carbonyl (C=O) groups excluding carboxylic acids is 2. The number of hydrogen-bond donors (Lipinski definition) is 1. The molecule has 1 aromatic heterocycles. The minimum Gasteiger partial charge on any atom is -0.469 e. The molecule has 21 heavy (non-hydrogen) atoms. The fraction of sp³-hybridized carbons (Fsp3) is 0.571. The second kappa shape index (κ2) is 6.62. The molecule has 2 rings (SSSR count). The van der Waals surface area contributed by atoms with E-state index < -0.39 is 0 Å². The summed E-state index contributed by atoms with van der Waals surface area (Å²) in [6.07, 6.45) is 1.58. The number of esters is 1. The van der Waals surface area contributed by atoms with Gasteiger partial charge >= 0.3 is 5.97 Å². The third-order valence-electron chi connectivity index (χ3n) is 3.53. The Balaban J connectivity index is 2.06. The van der Waals surface area contributed by atoms with Crippen molar-refractivity contribution in [1.82, 2.24) is 9.47 Å². The van der Waals surface area contributed by atoms with Gasteiger partial charge in [-0.15, -0.1) is 0 Å². The van der Waals surface area contributed by atoms with E-state index in [0.717, 1.165) is 0 Å². The molecule has 0 radical (unpaired) electrons. The van der Waals surface area contributed by atoms with Crippen molar-refractivity contribution in [2.75, 3.05) is 32.5 Å². The predicted molar refractivity (Wildman–Crippen MR) is 76.8 cm³/mol. The average Bonchev–Trinajstić information content (AvgIpc) is 2.87. The van der Waals surface area contributed by atoms with Gasteiger partial charge in [-0.25, -0.2) is 0 Å². The van der Waals surface area contributed by atoms with E-state index in [4.69, 9.17) is 10.5 Å². The second-order valence-electron chi connectivity index (χ2n) is 4.97. The molecule has 116 valence electrons. The zero-order chi connectivity index (χ0) is 15.4. The molecule has 1 atom stereocenters. The Hall–Kier alpha value is -2.02. The van der Waals surface area contributed by atoms with Crippen LogP contribution < -0.4 is 5.73 Å². The van der Waals surface area contributed by atoms with Crippen LogP contribution in [0.15, 0.2) is 12.3 Å². The molecule has 1 unspecified atom stereocenters. The number of nitrogens with two attached hydrogens (primary N) is 1. The van der Waals surface area contributed by atoms with E-state index in [-0.39, 0.29) is 24.4 Å². The molecule has 1 aliphatic rings. The number of rotatable bonds is 4. The van der Waals surface area contributed by atoms with Crippen LogP contribution in [0.25, 0.3) is 0 Å². The fourth-order valence-corrected chi connectivity index (χ4v) is 2.43. The summed E-state index contributed by atoms with van der Waals surface area (Å²) in [6, 6.07) is 1.68. The Bertz CT molecular complexity index is 526. The number of nitrogens with zero attached hydrogens (tertiary/aromatic N) is 2. The van der Waals surface area contributed by atoms with Crippen LogP contribution in [0.4, 0.5) is 5.69 Å². The minimum atomic E-state index is -0.338. The highest BCUT2D eigenvalue weighted by molar-refractivity contribution is 5.94. The molecule has 1 aliphatic heterocycles. The lowest BCUT2D eigenvalue weighted by molar-refractivity contribution is -0.145. The summed E-state index contributed by atoms with van der Waals surface area (Å²) in [5, 5.41) is 0. The lowest BCUT2D eigenvalue weighted by Gasteiger charge is -2.32. The SMILES string of the molecule is CCn1cc(N)cc1C(=O)N1CCOC(CC(=O)OC)C1. The summed E-state index contributed by atoms with van der Waals surface area (Å²) >= 11 is 0. The predicted octanol–water partition coefficient (Wildman–Crippen LogP) is 0.494. The fourth-order valence-electron chi connectivity index (χ4n) is 2.43. The van der Waals surface area contributed by atoms with Gasteiger partial charge in [-0.3, -0.25) is 9.59 Å². The van der Waals surface area contributed by atoms with Gasteiger partial charge in [0.25, 0.3) is 5.91 Å². The van der Waals surface area contributed by atoms with Crippen LogP contribution in [0.2, 0.25) is 0 Å². The number of ether oxygens (including phenoxy) is 2. The van der Waals surface area contributed by atoms with Gasteiger partial charge in [0.15, 0.2) is 0 Å². The molecular weight excluding hydrogens is 274 g/mol. The van der Waals surface area contributed by atoms with Gasteiger partial charge in [0.1, 0.15) is 5.69 Å². The number of carbonyl (C=O) groups is 2. The smallest absolute Gasteiger partial charge is 0.308 e. The third-order valence-corrected chi connectivity index (χ3v) is 3.53. The van der Waals surface area contributed by atoms with Crippen molar-refractivity contribution in [2.24, 2.45) is 0 Å². The first-order valence-electron chi connectivity index (χ1n) is 6.98. The van der Waals surface area contributed by atoms with Gasteiger partial charge in [0.05, 0.1) is 31.9 Å². The Morgan fingerprint density at radius 3 is 2.95 bits per heavy atom. The normalized spacial score (nSPS) is 18.6. The van der Waals surface area contributed by atoms with Gasteiger partial charge in [-0.1, -0.05) is 0 Å². The maximum Gasteiger partial charge on any atom is 0.308 e. The number of methoxy groups -OCH3 is 1. The van der Waals surface area contributed by atoms with Crippen LogP contribution in [0.1, 0.15) is 23.8 Å². The first-order chi connectivity index (χ1) is 10.0. The van der Waals surface area contributed by atoms with Crippen molar-refractivity contribution in [3.05, 3.63) is 18.0 Å². The number of hydrogen-bond acceptors (Lipinski definition) is 5. The van der Waals surface area contributed by atoms with E-state index in [9.17, 15) is 9.59 Å². The molecule has 2 heterocycles. The standard InChI is InChI=1S/C14H21N3O4/c1-3-16-8-10(15)6-12(16)14(19)17-4-5-21-11(9-17)7-13(18)20-2/h6,8,11H,3-5,7,9,15H2,1-2H3. The highest BCUT2D eigenvalue weighted by atomic mass is 16.5. The minimum absolute atomic E-state index is 0.0910. The van der Waals surface area contributed by atoms with E-state index >= 15 is 0 Å². The van der Waals surface area contributed by atoms with Crippen LogP contribution in [0.3, 0.4) is 0 Å². The summed E-state index contributed by atoms with van der Waals surface area (Å²) in [5.74, 6) is -0.429. The van der Waals surface area contributed by atoms with E-state index in [1.165, 1.54) is 7.11 Å². The molecule has 1 aromatic rings. The molecule has 0 aliphatic carbocycles. The number of anilines is 1. The molecule has 2 N–H and O–H groups in total. The molecule has 1 amide bonds. The molecule has 7 nitrogen and oxygen atoms in total. The van der Waals surface area contributed by atoms with Crippen molar-refractivity contribution in [3.63, 3.8) is 0 Å². The zero-order valence-corrected chi connectivity index (χ0v) is 12.4. The maximum atomic E-state index is 12.6. The van der Waals surface area contributed by atoms with Gasteiger partial charge in [-0.05, 0) is 13.0 Å². The first kappa shape index (κ1) is 15.4. The zero-order valence-electron chi connectivity index (χ0n) is 12.4. The molecular formula is C14H21N3O4. The summed E-state index contributed by atoms with van der Waals surface area (Å²) in [5.41, 5.74) is 6.89. The van der Waals surface area contributed by atoms with Crippen LogP contribution in [-0.2, 0) is 20.8 Å². The highest BCUT2D eigenvalue weighted by Gasteiger charge is 2.28. The lowest BCUT2D eigenvalue weighted by Crippen LogP contribution is -2.46. The van der Waals surface area contributed by atoms with Gasteiger partial charge in [0.2, 0.25) is 0 Å². The average molecular weight is 295 g/mol. The third kappa shape index (κ3) is 3.55. The highest BCUT2D eigenvalue weighted by Crippen LogP contribution is 2.16. The Labute approximate surface area is 123 Å². The lowest BCUT2D eigenvalue weighted by atomic mass is 10.2. The van der Waals surface area contributed by atoms with Gasteiger partial charge in [0, 0.05) is 25.8 Å². The summed E-state index contributed by atoms with van der Waals surface area (Å²) in [4.78, 5) is 25.6. The quantitative estimate of drug-likeness (QED) is 0.817. The summed E-state index contributed by atoms with van der Waals surface area (Å²) < 4.78 is 12.0. The van der Waals surface area contributed by atoms with Crippen molar-refractivity contribution < 1.29 is 19.1 Å².